The topological polar surface area (TPSA) is 34.1 Å². The van der Waals surface area contributed by atoms with E-state index < -0.39 is 0 Å². The summed E-state index contributed by atoms with van der Waals surface area (Å²) in [5, 5.41) is 3.31. The Bertz CT molecular complexity index is 359. The third-order valence-corrected chi connectivity index (χ3v) is 3.12. The first kappa shape index (κ1) is 11.6. The molecule has 1 aliphatic heterocycles. The van der Waals surface area contributed by atoms with Gasteiger partial charge in [-0.25, -0.2) is 0 Å². The molecule has 2 atom stereocenters. The van der Waals surface area contributed by atoms with Crippen LogP contribution in [-0.2, 0) is 4.74 Å². The highest BCUT2D eigenvalue weighted by molar-refractivity contribution is 5.23. The Hall–Kier alpha value is -0.930. The molecule has 0 spiro atoms. The molecule has 0 unspecified atom stereocenters. The second-order valence-electron chi connectivity index (χ2n) is 4.52. The van der Waals surface area contributed by atoms with Gasteiger partial charge in [-0.2, -0.15) is 0 Å². The second-order valence-corrected chi connectivity index (χ2v) is 4.52. The standard InChI is InChI=1S/C13H20N2O/c1-9-4-5-13(10(2)15-9)11(3)16-12-6-7-14-8-12/h4-5,11-12,14H,6-8H2,1-3H3/t11-,12-/m0/s1. The van der Waals surface area contributed by atoms with Crippen molar-refractivity contribution in [1.29, 1.82) is 0 Å². The van der Waals surface area contributed by atoms with Crippen molar-refractivity contribution in [2.24, 2.45) is 0 Å². The Balaban J connectivity index is 2.04. The molecule has 1 aliphatic rings. The zero-order valence-corrected chi connectivity index (χ0v) is 10.3. The van der Waals surface area contributed by atoms with Crippen molar-refractivity contribution < 1.29 is 4.74 Å². The van der Waals surface area contributed by atoms with Crippen LogP contribution in [0.1, 0.15) is 36.4 Å². The monoisotopic (exact) mass is 220 g/mol. The van der Waals surface area contributed by atoms with Crippen LogP contribution in [-0.4, -0.2) is 24.2 Å². The minimum atomic E-state index is 0.137. The van der Waals surface area contributed by atoms with Crippen LogP contribution in [0.25, 0.3) is 0 Å². The number of rotatable bonds is 3. The van der Waals surface area contributed by atoms with Crippen LogP contribution in [0.2, 0.25) is 0 Å². The van der Waals surface area contributed by atoms with Gasteiger partial charge in [0.15, 0.2) is 0 Å². The number of nitrogens with zero attached hydrogens (tertiary/aromatic N) is 1. The predicted molar refractivity (Wildman–Crippen MR) is 64.5 cm³/mol. The third-order valence-electron chi connectivity index (χ3n) is 3.12. The molecule has 0 saturated carbocycles. The van der Waals surface area contributed by atoms with E-state index in [0.717, 1.165) is 30.9 Å². The first-order chi connectivity index (χ1) is 7.66. The van der Waals surface area contributed by atoms with Gasteiger partial charge in [0, 0.05) is 23.5 Å². The van der Waals surface area contributed by atoms with E-state index in [2.05, 4.69) is 36.3 Å². The SMILES string of the molecule is Cc1ccc([C@H](C)O[C@H]2CCNC2)c(C)n1. The van der Waals surface area contributed by atoms with Crippen molar-refractivity contribution in [2.45, 2.75) is 39.4 Å². The molecule has 3 heteroatoms. The molecule has 88 valence electrons. The van der Waals surface area contributed by atoms with E-state index in [1.165, 1.54) is 5.56 Å². The van der Waals surface area contributed by atoms with Gasteiger partial charge in [0.2, 0.25) is 0 Å². The number of aryl methyl sites for hydroxylation is 2. The maximum absolute atomic E-state index is 6.02. The number of aromatic nitrogens is 1. The fourth-order valence-electron chi connectivity index (χ4n) is 2.23. The summed E-state index contributed by atoms with van der Waals surface area (Å²) in [5.41, 5.74) is 3.35. The molecule has 1 aromatic heterocycles. The van der Waals surface area contributed by atoms with Gasteiger partial charge < -0.3 is 10.1 Å². The van der Waals surface area contributed by atoms with Crippen LogP contribution in [0.4, 0.5) is 0 Å². The van der Waals surface area contributed by atoms with Crippen LogP contribution in [0.5, 0.6) is 0 Å². The normalized spacial score (nSPS) is 22.3. The number of pyridine rings is 1. The molecular weight excluding hydrogens is 200 g/mol. The van der Waals surface area contributed by atoms with Crippen molar-refractivity contribution in [2.75, 3.05) is 13.1 Å². The molecule has 1 fully saturated rings. The van der Waals surface area contributed by atoms with E-state index in [0.29, 0.717) is 6.10 Å². The summed E-state index contributed by atoms with van der Waals surface area (Å²) in [7, 11) is 0. The Labute approximate surface area is 97.2 Å². The lowest BCUT2D eigenvalue weighted by Gasteiger charge is -2.19. The predicted octanol–water partition coefficient (Wildman–Crippen LogP) is 2.14. The molecule has 0 amide bonds. The first-order valence-corrected chi connectivity index (χ1v) is 5.97. The smallest absolute Gasteiger partial charge is 0.0818 e. The minimum Gasteiger partial charge on any atom is -0.369 e. The van der Waals surface area contributed by atoms with Crippen molar-refractivity contribution >= 4 is 0 Å². The van der Waals surface area contributed by atoms with Crippen LogP contribution in [0.15, 0.2) is 12.1 Å². The summed E-state index contributed by atoms with van der Waals surface area (Å²) in [4.78, 5) is 4.47. The van der Waals surface area contributed by atoms with Gasteiger partial charge in [-0.05, 0) is 39.8 Å². The van der Waals surface area contributed by atoms with Crippen molar-refractivity contribution in [1.82, 2.24) is 10.3 Å². The molecule has 1 aromatic rings. The van der Waals surface area contributed by atoms with Crippen molar-refractivity contribution in [3.8, 4) is 0 Å². The first-order valence-electron chi connectivity index (χ1n) is 5.97. The van der Waals surface area contributed by atoms with E-state index in [1.54, 1.807) is 0 Å². The average molecular weight is 220 g/mol. The van der Waals surface area contributed by atoms with E-state index in [9.17, 15) is 0 Å². The molecule has 1 N–H and O–H groups in total. The van der Waals surface area contributed by atoms with Gasteiger partial charge in [-0.3, -0.25) is 4.98 Å². The van der Waals surface area contributed by atoms with Crippen molar-refractivity contribution in [3.05, 3.63) is 29.1 Å². The fourth-order valence-corrected chi connectivity index (χ4v) is 2.23. The molecule has 0 bridgehead atoms. The van der Waals surface area contributed by atoms with Gasteiger partial charge in [0.1, 0.15) is 0 Å². The van der Waals surface area contributed by atoms with E-state index >= 15 is 0 Å². The van der Waals surface area contributed by atoms with Crippen LogP contribution in [0.3, 0.4) is 0 Å². The number of hydrogen-bond acceptors (Lipinski definition) is 3. The van der Waals surface area contributed by atoms with Gasteiger partial charge in [0.25, 0.3) is 0 Å². The van der Waals surface area contributed by atoms with E-state index in [1.807, 2.05) is 6.92 Å². The van der Waals surface area contributed by atoms with Crippen molar-refractivity contribution in [3.63, 3.8) is 0 Å². The Morgan fingerprint density at radius 1 is 1.44 bits per heavy atom. The lowest BCUT2D eigenvalue weighted by Crippen LogP contribution is -2.19. The summed E-state index contributed by atoms with van der Waals surface area (Å²) in [6.45, 7) is 8.22. The molecule has 16 heavy (non-hydrogen) atoms. The Morgan fingerprint density at radius 3 is 2.88 bits per heavy atom. The highest BCUT2D eigenvalue weighted by atomic mass is 16.5. The second kappa shape index (κ2) is 4.93. The summed E-state index contributed by atoms with van der Waals surface area (Å²) < 4.78 is 6.02. The molecule has 3 nitrogen and oxygen atoms in total. The maximum Gasteiger partial charge on any atom is 0.0818 e. The van der Waals surface area contributed by atoms with Crippen LogP contribution < -0.4 is 5.32 Å². The lowest BCUT2D eigenvalue weighted by atomic mass is 10.1. The highest BCUT2D eigenvalue weighted by Gasteiger charge is 2.19. The molecular formula is C13H20N2O. The van der Waals surface area contributed by atoms with Crippen LogP contribution >= 0.6 is 0 Å². The zero-order valence-electron chi connectivity index (χ0n) is 10.3. The minimum absolute atomic E-state index is 0.137. The largest absolute Gasteiger partial charge is 0.369 e. The Kier molecular flexibility index (Phi) is 3.56. The van der Waals surface area contributed by atoms with Gasteiger partial charge >= 0.3 is 0 Å². The molecule has 2 rings (SSSR count). The van der Waals surface area contributed by atoms with Crippen LogP contribution in [0, 0.1) is 13.8 Å². The van der Waals surface area contributed by atoms with E-state index in [-0.39, 0.29) is 6.10 Å². The molecule has 0 aromatic carbocycles. The maximum atomic E-state index is 6.02. The summed E-state index contributed by atoms with van der Waals surface area (Å²) in [6, 6.07) is 4.18. The third kappa shape index (κ3) is 2.60. The van der Waals surface area contributed by atoms with Gasteiger partial charge in [-0.15, -0.1) is 0 Å². The summed E-state index contributed by atoms with van der Waals surface area (Å²) in [6.07, 6.45) is 1.61. The lowest BCUT2D eigenvalue weighted by molar-refractivity contribution is 0.00777. The highest BCUT2D eigenvalue weighted by Crippen LogP contribution is 2.22. The molecule has 2 heterocycles. The number of nitrogens with one attached hydrogen (secondary N) is 1. The molecule has 1 saturated heterocycles. The Morgan fingerprint density at radius 2 is 2.25 bits per heavy atom. The molecule has 0 radical (unpaired) electrons. The van der Waals surface area contributed by atoms with Gasteiger partial charge in [-0.1, -0.05) is 6.07 Å². The summed E-state index contributed by atoms with van der Waals surface area (Å²) >= 11 is 0. The number of hydrogen-bond donors (Lipinski definition) is 1. The molecule has 0 aliphatic carbocycles. The zero-order chi connectivity index (χ0) is 11.5. The summed E-state index contributed by atoms with van der Waals surface area (Å²) in [5.74, 6) is 0. The average Bonchev–Trinajstić information content (AvgIpc) is 2.70. The number of ether oxygens (including phenoxy) is 1. The van der Waals surface area contributed by atoms with E-state index in [4.69, 9.17) is 4.74 Å². The van der Waals surface area contributed by atoms with Gasteiger partial charge in [0.05, 0.1) is 12.2 Å². The quantitative estimate of drug-likeness (QED) is 0.847. The fraction of sp³-hybridized carbons (Fsp3) is 0.615.